The highest BCUT2D eigenvalue weighted by atomic mass is 16.5. The smallest absolute Gasteiger partial charge is 0.109 e. The van der Waals surface area contributed by atoms with E-state index in [0.717, 1.165) is 12.8 Å². The Labute approximate surface area is 73.5 Å². The van der Waals surface area contributed by atoms with E-state index in [1.165, 1.54) is 5.57 Å². The Hall–Kier alpha value is -0.760. The van der Waals surface area contributed by atoms with Gasteiger partial charge in [-0.05, 0) is 30.4 Å². The van der Waals surface area contributed by atoms with Gasteiger partial charge in [0.25, 0.3) is 0 Å². The van der Waals surface area contributed by atoms with E-state index < -0.39 is 0 Å². The molecule has 0 fully saturated rings. The van der Waals surface area contributed by atoms with Crippen molar-refractivity contribution in [2.75, 3.05) is 13.2 Å². The molecule has 1 N–H and O–H groups in total. The van der Waals surface area contributed by atoms with Crippen LogP contribution < -0.4 is 0 Å². The lowest BCUT2D eigenvalue weighted by Crippen LogP contribution is -2.04. The number of hydrogen-bond donors (Lipinski definition) is 1. The summed E-state index contributed by atoms with van der Waals surface area (Å²) in [6.07, 6.45) is 7.79. The van der Waals surface area contributed by atoms with Gasteiger partial charge in [-0.2, -0.15) is 0 Å². The molecule has 0 aromatic rings. The lowest BCUT2D eigenvalue weighted by molar-refractivity contribution is 0.226. The lowest BCUT2D eigenvalue weighted by Gasteiger charge is -2.12. The van der Waals surface area contributed by atoms with Gasteiger partial charge in [0.2, 0.25) is 0 Å². The first-order chi connectivity index (χ1) is 5.83. The van der Waals surface area contributed by atoms with E-state index in [1.807, 2.05) is 6.08 Å². The fraction of sp³-hybridized carbons (Fsp3) is 0.600. The molecule has 0 spiro atoms. The second kappa shape index (κ2) is 4.99. The van der Waals surface area contributed by atoms with E-state index in [-0.39, 0.29) is 6.61 Å². The number of aliphatic hydroxyl groups excluding tert-OH is 1. The molecule has 0 saturated carbocycles. The molecule has 68 valence electrons. The molecule has 0 amide bonds. The zero-order valence-corrected chi connectivity index (χ0v) is 7.49. The molecule has 1 unspecified atom stereocenters. The number of ether oxygens (including phenoxy) is 1. The van der Waals surface area contributed by atoms with Crippen LogP contribution in [0.4, 0.5) is 0 Å². The summed E-state index contributed by atoms with van der Waals surface area (Å²) >= 11 is 0. The summed E-state index contributed by atoms with van der Waals surface area (Å²) in [5.74, 6) is 0.400. The summed E-state index contributed by atoms with van der Waals surface area (Å²) in [6.45, 7) is 3.05. The molecule has 0 bridgehead atoms. The Bertz CT molecular complexity index is 182. The summed E-state index contributed by atoms with van der Waals surface area (Å²) in [6, 6.07) is 0. The van der Waals surface area contributed by atoms with Crippen molar-refractivity contribution in [2.24, 2.45) is 5.92 Å². The van der Waals surface area contributed by atoms with Crippen LogP contribution in [0.2, 0.25) is 0 Å². The van der Waals surface area contributed by atoms with Crippen LogP contribution in [-0.4, -0.2) is 18.3 Å². The highest BCUT2D eigenvalue weighted by Gasteiger charge is 2.04. The number of hydrogen-bond acceptors (Lipinski definition) is 2. The molecular weight excluding hydrogens is 152 g/mol. The summed E-state index contributed by atoms with van der Waals surface area (Å²) in [7, 11) is 0. The zero-order chi connectivity index (χ0) is 8.81. The summed E-state index contributed by atoms with van der Waals surface area (Å²) in [5.41, 5.74) is 1.32. The van der Waals surface area contributed by atoms with E-state index >= 15 is 0 Å². The Morgan fingerprint density at radius 1 is 1.67 bits per heavy atom. The van der Waals surface area contributed by atoms with Crippen LogP contribution in [0.25, 0.3) is 0 Å². The Morgan fingerprint density at radius 3 is 3.08 bits per heavy atom. The SMILES string of the molecule is CC(CO)CCC1=CC=COC1. The summed E-state index contributed by atoms with van der Waals surface area (Å²) in [5, 5.41) is 8.80. The quantitative estimate of drug-likeness (QED) is 0.694. The Morgan fingerprint density at radius 2 is 2.50 bits per heavy atom. The molecular formula is C10H16O2. The van der Waals surface area contributed by atoms with Crippen LogP contribution in [0.1, 0.15) is 19.8 Å². The van der Waals surface area contributed by atoms with Gasteiger partial charge in [0, 0.05) is 6.61 Å². The first-order valence-electron chi connectivity index (χ1n) is 4.40. The minimum atomic E-state index is 0.282. The van der Waals surface area contributed by atoms with Crippen molar-refractivity contribution in [3.8, 4) is 0 Å². The number of allylic oxidation sites excluding steroid dienone is 2. The Kier molecular flexibility index (Phi) is 3.88. The molecule has 1 aliphatic heterocycles. The molecule has 1 heterocycles. The minimum absolute atomic E-state index is 0.282. The van der Waals surface area contributed by atoms with Crippen molar-refractivity contribution < 1.29 is 9.84 Å². The van der Waals surface area contributed by atoms with Gasteiger partial charge < -0.3 is 9.84 Å². The van der Waals surface area contributed by atoms with Gasteiger partial charge in [-0.15, -0.1) is 0 Å². The molecule has 12 heavy (non-hydrogen) atoms. The van der Waals surface area contributed by atoms with Gasteiger partial charge in [-0.25, -0.2) is 0 Å². The zero-order valence-electron chi connectivity index (χ0n) is 7.49. The minimum Gasteiger partial charge on any atom is -0.497 e. The van der Waals surface area contributed by atoms with Crippen LogP contribution in [0.3, 0.4) is 0 Å². The molecule has 1 rings (SSSR count). The van der Waals surface area contributed by atoms with Crippen molar-refractivity contribution in [3.05, 3.63) is 24.0 Å². The average Bonchev–Trinajstić information content (AvgIpc) is 2.16. The molecule has 0 aliphatic carbocycles. The van der Waals surface area contributed by atoms with Crippen LogP contribution in [0.5, 0.6) is 0 Å². The van der Waals surface area contributed by atoms with Crippen molar-refractivity contribution in [2.45, 2.75) is 19.8 Å². The first kappa shape index (κ1) is 9.33. The molecule has 0 aromatic heterocycles. The highest BCUT2D eigenvalue weighted by molar-refractivity contribution is 5.14. The predicted octanol–water partition coefficient (Wildman–Crippen LogP) is 1.87. The van der Waals surface area contributed by atoms with Crippen LogP contribution in [-0.2, 0) is 4.74 Å². The van der Waals surface area contributed by atoms with E-state index in [0.29, 0.717) is 12.5 Å². The monoisotopic (exact) mass is 168 g/mol. The van der Waals surface area contributed by atoms with E-state index in [4.69, 9.17) is 9.84 Å². The molecule has 1 atom stereocenters. The predicted molar refractivity (Wildman–Crippen MR) is 48.7 cm³/mol. The van der Waals surface area contributed by atoms with Gasteiger partial charge in [0.15, 0.2) is 0 Å². The maximum absolute atomic E-state index is 8.80. The van der Waals surface area contributed by atoms with E-state index in [2.05, 4.69) is 13.0 Å². The fourth-order valence-electron chi connectivity index (χ4n) is 1.11. The molecule has 2 nitrogen and oxygen atoms in total. The van der Waals surface area contributed by atoms with Gasteiger partial charge in [-0.3, -0.25) is 0 Å². The molecule has 2 heteroatoms. The second-order valence-corrected chi connectivity index (χ2v) is 3.29. The maximum Gasteiger partial charge on any atom is 0.109 e. The summed E-state index contributed by atoms with van der Waals surface area (Å²) in [4.78, 5) is 0. The third-order valence-corrected chi connectivity index (χ3v) is 2.05. The van der Waals surface area contributed by atoms with Crippen LogP contribution in [0.15, 0.2) is 24.0 Å². The standard InChI is InChI=1S/C10H16O2/c1-9(7-11)4-5-10-3-2-6-12-8-10/h2-3,6,9,11H,4-5,7-8H2,1H3. The van der Waals surface area contributed by atoms with Gasteiger partial charge in [0.1, 0.15) is 6.61 Å². The van der Waals surface area contributed by atoms with Crippen LogP contribution in [0, 0.1) is 5.92 Å². The van der Waals surface area contributed by atoms with Crippen molar-refractivity contribution in [3.63, 3.8) is 0 Å². The Balaban J connectivity index is 2.22. The molecule has 0 aromatic carbocycles. The maximum atomic E-state index is 8.80. The van der Waals surface area contributed by atoms with E-state index in [1.54, 1.807) is 6.26 Å². The van der Waals surface area contributed by atoms with Gasteiger partial charge >= 0.3 is 0 Å². The molecule has 0 saturated heterocycles. The molecule has 1 aliphatic rings. The van der Waals surface area contributed by atoms with Gasteiger partial charge in [0.05, 0.1) is 6.26 Å². The normalized spacial score (nSPS) is 18.3. The number of aliphatic hydroxyl groups is 1. The van der Waals surface area contributed by atoms with E-state index in [9.17, 15) is 0 Å². The average molecular weight is 168 g/mol. The second-order valence-electron chi connectivity index (χ2n) is 3.29. The summed E-state index contributed by atoms with van der Waals surface area (Å²) < 4.78 is 5.14. The largest absolute Gasteiger partial charge is 0.497 e. The lowest BCUT2D eigenvalue weighted by atomic mass is 10.0. The fourth-order valence-corrected chi connectivity index (χ4v) is 1.11. The topological polar surface area (TPSA) is 29.5 Å². The van der Waals surface area contributed by atoms with Gasteiger partial charge in [-0.1, -0.05) is 13.0 Å². The molecule has 0 radical (unpaired) electrons. The highest BCUT2D eigenvalue weighted by Crippen LogP contribution is 2.14. The third-order valence-electron chi connectivity index (χ3n) is 2.05. The first-order valence-corrected chi connectivity index (χ1v) is 4.40. The van der Waals surface area contributed by atoms with Crippen LogP contribution >= 0.6 is 0 Å². The third kappa shape index (κ3) is 3.09. The van der Waals surface area contributed by atoms with Crippen molar-refractivity contribution in [1.29, 1.82) is 0 Å². The van der Waals surface area contributed by atoms with Crippen molar-refractivity contribution in [1.82, 2.24) is 0 Å². The number of rotatable bonds is 4. The van der Waals surface area contributed by atoms with Crippen molar-refractivity contribution >= 4 is 0 Å².